The van der Waals surface area contributed by atoms with Crippen molar-refractivity contribution in [3.63, 3.8) is 0 Å². The zero-order valence-corrected chi connectivity index (χ0v) is 10.4. The molecule has 102 valence electrons. The number of halogens is 2. The van der Waals surface area contributed by atoms with Crippen molar-refractivity contribution in [3.8, 4) is 0 Å². The van der Waals surface area contributed by atoms with Crippen LogP contribution in [0.4, 0.5) is 8.78 Å². The number of carbonyl (C=O) groups excluding carboxylic acids is 1. The number of carbonyl (C=O) groups is 1. The number of hydrogen-bond donors (Lipinski definition) is 1. The van der Waals surface area contributed by atoms with Crippen LogP contribution in [0.2, 0.25) is 0 Å². The summed E-state index contributed by atoms with van der Waals surface area (Å²) in [6, 6.07) is 2.82. The van der Waals surface area contributed by atoms with Gasteiger partial charge in [-0.2, -0.15) is 0 Å². The molecule has 0 aromatic heterocycles. The van der Waals surface area contributed by atoms with Gasteiger partial charge in [0.25, 0.3) is 5.91 Å². The summed E-state index contributed by atoms with van der Waals surface area (Å²) in [7, 11) is 0. The Bertz CT molecular complexity index is 531. The maximum absolute atomic E-state index is 13.5. The van der Waals surface area contributed by atoms with E-state index in [-0.39, 0.29) is 11.5 Å². The van der Waals surface area contributed by atoms with E-state index in [1.807, 2.05) is 6.92 Å². The summed E-state index contributed by atoms with van der Waals surface area (Å²) in [6.45, 7) is 2.48. The Labute approximate surface area is 109 Å². The Morgan fingerprint density at radius 3 is 2.84 bits per heavy atom. The van der Waals surface area contributed by atoms with Crippen molar-refractivity contribution in [2.45, 2.75) is 13.3 Å². The van der Waals surface area contributed by atoms with Crippen LogP contribution in [-0.2, 0) is 0 Å². The molecule has 0 saturated carbocycles. The second-order valence-corrected chi connectivity index (χ2v) is 4.62. The summed E-state index contributed by atoms with van der Waals surface area (Å²) >= 11 is 0. The summed E-state index contributed by atoms with van der Waals surface area (Å²) in [5.41, 5.74) is 0.348. The van der Waals surface area contributed by atoms with Crippen molar-refractivity contribution in [1.82, 2.24) is 4.90 Å². The lowest BCUT2D eigenvalue weighted by atomic mass is 9.97. The van der Waals surface area contributed by atoms with Gasteiger partial charge in [-0.25, -0.2) is 8.78 Å². The molecule has 0 bridgehead atoms. The SMILES string of the molecule is CC1CN(C(=O)c2cc(F)ccc2F)CC/C1=N\O. The number of piperidine rings is 1. The van der Waals surface area contributed by atoms with Gasteiger partial charge in [-0.05, 0) is 18.2 Å². The highest BCUT2D eigenvalue weighted by atomic mass is 19.1. The van der Waals surface area contributed by atoms with Crippen molar-refractivity contribution in [2.24, 2.45) is 11.1 Å². The highest BCUT2D eigenvalue weighted by molar-refractivity contribution is 5.96. The van der Waals surface area contributed by atoms with Gasteiger partial charge in [0, 0.05) is 25.4 Å². The van der Waals surface area contributed by atoms with Crippen molar-refractivity contribution in [1.29, 1.82) is 0 Å². The zero-order chi connectivity index (χ0) is 14.0. The van der Waals surface area contributed by atoms with Crippen LogP contribution in [0.15, 0.2) is 23.4 Å². The fourth-order valence-electron chi connectivity index (χ4n) is 2.19. The van der Waals surface area contributed by atoms with E-state index in [0.717, 1.165) is 18.2 Å². The predicted molar refractivity (Wildman–Crippen MR) is 65.3 cm³/mol. The molecular formula is C13H14F2N2O2. The summed E-state index contributed by atoms with van der Waals surface area (Å²) < 4.78 is 26.6. The van der Waals surface area contributed by atoms with Crippen molar-refractivity contribution >= 4 is 11.6 Å². The van der Waals surface area contributed by atoms with Gasteiger partial charge >= 0.3 is 0 Å². The standard InChI is InChI=1S/C13H14F2N2O2/c1-8-7-17(5-4-12(8)16-19)13(18)10-6-9(14)2-3-11(10)15/h2-3,6,8,19H,4-5,7H2,1H3/b16-12+. The number of oxime groups is 1. The predicted octanol–water partition coefficient (Wildman–Crippen LogP) is 2.28. The summed E-state index contributed by atoms with van der Waals surface area (Å²) in [6.07, 6.45) is 0.431. The Hall–Kier alpha value is -1.98. The first-order valence-electron chi connectivity index (χ1n) is 5.98. The van der Waals surface area contributed by atoms with Crippen LogP contribution in [0.5, 0.6) is 0 Å². The largest absolute Gasteiger partial charge is 0.411 e. The van der Waals surface area contributed by atoms with E-state index in [0.29, 0.717) is 25.2 Å². The van der Waals surface area contributed by atoms with Gasteiger partial charge in [-0.15, -0.1) is 0 Å². The van der Waals surface area contributed by atoms with Gasteiger partial charge in [0.15, 0.2) is 0 Å². The van der Waals surface area contributed by atoms with Crippen molar-refractivity contribution in [3.05, 3.63) is 35.4 Å². The van der Waals surface area contributed by atoms with Crippen LogP contribution in [0.25, 0.3) is 0 Å². The summed E-state index contributed by atoms with van der Waals surface area (Å²) in [5, 5.41) is 11.9. The molecule has 1 atom stereocenters. The van der Waals surface area contributed by atoms with E-state index < -0.39 is 17.5 Å². The summed E-state index contributed by atoms with van der Waals surface area (Å²) in [4.78, 5) is 13.6. The lowest BCUT2D eigenvalue weighted by molar-refractivity contribution is 0.0728. The Balaban J connectivity index is 2.19. The average molecular weight is 268 g/mol. The maximum atomic E-state index is 13.5. The molecule has 0 spiro atoms. The van der Waals surface area contributed by atoms with Crippen LogP contribution >= 0.6 is 0 Å². The Kier molecular flexibility index (Phi) is 3.78. The van der Waals surface area contributed by atoms with Crippen molar-refractivity contribution in [2.75, 3.05) is 13.1 Å². The van der Waals surface area contributed by atoms with Gasteiger partial charge in [0.05, 0.1) is 11.3 Å². The first kappa shape index (κ1) is 13.5. The van der Waals surface area contributed by atoms with E-state index in [1.165, 1.54) is 4.90 Å². The van der Waals surface area contributed by atoms with Crippen LogP contribution in [0, 0.1) is 17.6 Å². The lowest BCUT2D eigenvalue weighted by Crippen LogP contribution is -2.43. The van der Waals surface area contributed by atoms with E-state index in [2.05, 4.69) is 5.16 Å². The third kappa shape index (κ3) is 2.72. The number of amides is 1. The van der Waals surface area contributed by atoms with Gasteiger partial charge in [-0.1, -0.05) is 12.1 Å². The second kappa shape index (κ2) is 5.34. The Morgan fingerprint density at radius 2 is 2.21 bits per heavy atom. The normalized spacial score (nSPS) is 21.7. The zero-order valence-electron chi connectivity index (χ0n) is 10.4. The third-order valence-electron chi connectivity index (χ3n) is 3.28. The first-order valence-corrected chi connectivity index (χ1v) is 5.98. The van der Waals surface area contributed by atoms with E-state index in [1.54, 1.807) is 0 Å². The first-order chi connectivity index (χ1) is 9.02. The maximum Gasteiger partial charge on any atom is 0.256 e. The number of nitrogens with zero attached hydrogens (tertiary/aromatic N) is 2. The molecule has 1 fully saturated rings. The van der Waals surface area contributed by atoms with Gasteiger partial charge < -0.3 is 10.1 Å². The molecule has 1 aliphatic rings. The molecule has 1 aromatic carbocycles. The molecule has 0 radical (unpaired) electrons. The number of hydrogen-bond acceptors (Lipinski definition) is 3. The molecule has 0 aliphatic carbocycles. The molecule has 19 heavy (non-hydrogen) atoms. The van der Waals surface area contributed by atoms with E-state index >= 15 is 0 Å². The van der Waals surface area contributed by atoms with Crippen LogP contribution in [0.1, 0.15) is 23.7 Å². The quantitative estimate of drug-likeness (QED) is 0.627. The van der Waals surface area contributed by atoms with Crippen LogP contribution < -0.4 is 0 Å². The second-order valence-electron chi connectivity index (χ2n) is 4.62. The minimum Gasteiger partial charge on any atom is -0.411 e. The van der Waals surface area contributed by atoms with Crippen molar-refractivity contribution < 1.29 is 18.8 Å². The minimum atomic E-state index is -0.735. The molecule has 2 rings (SSSR count). The monoisotopic (exact) mass is 268 g/mol. The molecule has 1 amide bonds. The molecule has 1 heterocycles. The number of likely N-dealkylation sites (tertiary alicyclic amines) is 1. The molecule has 1 saturated heterocycles. The molecule has 1 unspecified atom stereocenters. The number of rotatable bonds is 1. The Morgan fingerprint density at radius 1 is 1.47 bits per heavy atom. The van der Waals surface area contributed by atoms with Gasteiger partial charge in [-0.3, -0.25) is 4.79 Å². The topological polar surface area (TPSA) is 52.9 Å². The fraction of sp³-hybridized carbons (Fsp3) is 0.385. The van der Waals surface area contributed by atoms with E-state index in [4.69, 9.17) is 5.21 Å². The van der Waals surface area contributed by atoms with Crippen LogP contribution in [-0.4, -0.2) is 34.8 Å². The van der Waals surface area contributed by atoms with Gasteiger partial charge in [0.1, 0.15) is 11.6 Å². The number of benzene rings is 1. The van der Waals surface area contributed by atoms with Crippen LogP contribution in [0.3, 0.4) is 0 Å². The summed E-state index contributed by atoms with van der Waals surface area (Å²) in [5.74, 6) is -2.02. The highest BCUT2D eigenvalue weighted by Crippen LogP contribution is 2.18. The molecule has 4 nitrogen and oxygen atoms in total. The molecule has 1 N–H and O–H groups in total. The molecule has 6 heteroatoms. The minimum absolute atomic E-state index is 0.0979. The molecular weight excluding hydrogens is 254 g/mol. The molecule has 1 aromatic rings. The smallest absolute Gasteiger partial charge is 0.256 e. The van der Waals surface area contributed by atoms with Gasteiger partial charge in [0.2, 0.25) is 0 Å². The average Bonchev–Trinajstić information content (AvgIpc) is 2.40. The fourth-order valence-corrected chi connectivity index (χ4v) is 2.19. The lowest BCUT2D eigenvalue weighted by Gasteiger charge is -2.31. The van der Waals surface area contributed by atoms with E-state index in [9.17, 15) is 13.6 Å². The molecule has 1 aliphatic heterocycles. The third-order valence-corrected chi connectivity index (χ3v) is 3.28. The highest BCUT2D eigenvalue weighted by Gasteiger charge is 2.28.